The van der Waals surface area contributed by atoms with Crippen molar-refractivity contribution in [1.82, 2.24) is 14.6 Å². The Morgan fingerprint density at radius 3 is 2.40 bits per heavy atom. The summed E-state index contributed by atoms with van der Waals surface area (Å²) >= 11 is -0.225. The molecular formula is C21H15F3N4OS. The third-order valence-electron chi connectivity index (χ3n) is 4.21. The summed E-state index contributed by atoms with van der Waals surface area (Å²) in [7, 11) is 0. The summed E-state index contributed by atoms with van der Waals surface area (Å²) in [5, 5.41) is 7.17. The quantitative estimate of drug-likeness (QED) is 0.432. The zero-order chi connectivity index (χ0) is 21.3. The Morgan fingerprint density at radius 2 is 1.73 bits per heavy atom. The van der Waals surface area contributed by atoms with Crippen LogP contribution in [0, 0.1) is 6.92 Å². The number of alkyl halides is 3. The summed E-state index contributed by atoms with van der Waals surface area (Å²) in [6.45, 7) is 1.85. The fraction of sp³-hybridized carbons (Fsp3) is 0.0952. The monoisotopic (exact) mass is 428 g/mol. The highest BCUT2D eigenvalue weighted by atomic mass is 32.2. The number of anilines is 1. The standard InChI is InChI=1S/C21H15F3N4OS/c1-13-11-19-25-18(12-17(28(19)27-13)14-5-3-2-4-6-14)26-20(29)15-7-9-16(10-8-15)30-21(22,23)24/h2-12H,1H3,(H,25,26,29). The summed E-state index contributed by atoms with van der Waals surface area (Å²) in [5.74, 6) is -0.148. The van der Waals surface area contributed by atoms with Crippen molar-refractivity contribution >= 4 is 29.1 Å². The van der Waals surface area contributed by atoms with Gasteiger partial charge < -0.3 is 5.32 Å². The number of fused-ring (bicyclic) bond motifs is 1. The van der Waals surface area contributed by atoms with Crippen LogP contribution in [-0.4, -0.2) is 26.0 Å². The molecule has 1 N–H and O–H groups in total. The van der Waals surface area contributed by atoms with E-state index in [-0.39, 0.29) is 22.2 Å². The van der Waals surface area contributed by atoms with Crippen molar-refractivity contribution in [2.45, 2.75) is 17.3 Å². The maximum atomic E-state index is 12.6. The Hall–Kier alpha value is -3.33. The van der Waals surface area contributed by atoms with Crippen LogP contribution in [0.25, 0.3) is 16.9 Å². The second-order valence-electron chi connectivity index (χ2n) is 6.47. The van der Waals surface area contributed by atoms with Crippen molar-refractivity contribution in [2.24, 2.45) is 0 Å². The van der Waals surface area contributed by atoms with Crippen molar-refractivity contribution in [3.05, 3.63) is 78.0 Å². The molecule has 9 heteroatoms. The Balaban J connectivity index is 1.63. The number of amides is 1. The number of rotatable bonds is 4. The molecule has 152 valence electrons. The van der Waals surface area contributed by atoms with Gasteiger partial charge in [-0.05, 0) is 43.0 Å². The number of hydrogen-bond acceptors (Lipinski definition) is 4. The Labute approximate surface area is 173 Å². The number of aromatic nitrogens is 3. The fourth-order valence-corrected chi connectivity index (χ4v) is 3.50. The number of nitrogens with one attached hydrogen (secondary N) is 1. The number of nitrogens with zero attached hydrogens (tertiary/aromatic N) is 3. The van der Waals surface area contributed by atoms with E-state index in [1.807, 2.05) is 37.3 Å². The molecule has 4 rings (SSSR count). The summed E-state index contributed by atoms with van der Waals surface area (Å²) in [6.07, 6.45) is 0. The van der Waals surface area contributed by atoms with Gasteiger partial charge in [0.2, 0.25) is 0 Å². The lowest BCUT2D eigenvalue weighted by molar-refractivity contribution is -0.0328. The van der Waals surface area contributed by atoms with Crippen LogP contribution in [0.4, 0.5) is 19.0 Å². The molecule has 0 aliphatic heterocycles. The van der Waals surface area contributed by atoms with Crippen LogP contribution >= 0.6 is 11.8 Å². The van der Waals surface area contributed by atoms with Gasteiger partial charge >= 0.3 is 5.51 Å². The van der Waals surface area contributed by atoms with E-state index >= 15 is 0 Å². The first-order chi connectivity index (χ1) is 14.3. The molecule has 0 fully saturated rings. The zero-order valence-electron chi connectivity index (χ0n) is 15.6. The number of aryl methyl sites for hydroxylation is 1. The lowest BCUT2D eigenvalue weighted by Gasteiger charge is -2.10. The van der Waals surface area contributed by atoms with Crippen molar-refractivity contribution in [2.75, 3.05) is 5.32 Å². The molecule has 0 atom stereocenters. The van der Waals surface area contributed by atoms with Crippen LogP contribution in [-0.2, 0) is 0 Å². The number of halogens is 3. The lowest BCUT2D eigenvalue weighted by Crippen LogP contribution is -2.14. The average molecular weight is 428 g/mol. The Kier molecular flexibility index (Phi) is 5.21. The van der Waals surface area contributed by atoms with Gasteiger partial charge in [0, 0.05) is 28.2 Å². The first-order valence-corrected chi connectivity index (χ1v) is 9.70. The van der Waals surface area contributed by atoms with Crippen molar-refractivity contribution < 1.29 is 18.0 Å². The Morgan fingerprint density at radius 1 is 1.03 bits per heavy atom. The molecule has 0 saturated carbocycles. The van der Waals surface area contributed by atoms with Gasteiger partial charge in [-0.2, -0.15) is 18.3 Å². The van der Waals surface area contributed by atoms with E-state index in [4.69, 9.17) is 0 Å². The summed E-state index contributed by atoms with van der Waals surface area (Å²) in [5.41, 5.74) is -1.14. The van der Waals surface area contributed by atoms with Gasteiger partial charge in [0.1, 0.15) is 5.82 Å². The molecule has 30 heavy (non-hydrogen) atoms. The maximum absolute atomic E-state index is 12.6. The van der Waals surface area contributed by atoms with E-state index < -0.39 is 11.4 Å². The minimum atomic E-state index is -4.37. The topological polar surface area (TPSA) is 59.3 Å². The van der Waals surface area contributed by atoms with Gasteiger partial charge in [0.25, 0.3) is 5.91 Å². The molecule has 2 aromatic carbocycles. The van der Waals surface area contributed by atoms with Crippen LogP contribution in [0.5, 0.6) is 0 Å². The van der Waals surface area contributed by atoms with Crippen molar-refractivity contribution in [1.29, 1.82) is 0 Å². The molecule has 5 nitrogen and oxygen atoms in total. The van der Waals surface area contributed by atoms with E-state index in [0.29, 0.717) is 11.5 Å². The van der Waals surface area contributed by atoms with Gasteiger partial charge in [-0.3, -0.25) is 4.79 Å². The predicted molar refractivity (Wildman–Crippen MR) is 109 cm³/mol. The van der Waals surface area contributed by atoms with Crippen molar-refractivity contribution in [3.8, 4) is 11.3 Å². The highest BCUT2D eigenvalue weighted by Gasteiger charge is 2.29. The lowest BCUT2D eigenvalue weighted by atomic mass is 10.1. The van der Waals surface area contributed by atoms with Crippen LogP contribution in [0.2, 0.25) is 0 Å². The van der Waals surface area contributed by atoms with Gasteiger partial charge in [-0.1, -0.05) is 30.3 Å². The molecule has 0 radical (unpaired) electrons. The van der Waals surface area contributed by atoms with Crippen LogP contribution < -0.4 is 5.32 Å². The Bertz CT molecular complexity index is 1200. The molecule has 0 aliphatic carbocycles. The SMILES string of the molecule is Cc1cc2nc(NC(=O)c3ccc(SC(F)(F)F)cc3)cc(-c3ccccc3)n2n1. The molecule has 0 unspecified atom stereocenters. The molecule has 0 saturated heterocycles. The predicted octanol–water partition coefficient (Wildman–Crippen LogP) is 5.57. The highest BCUT2D eigenvalue weighted by molar-refractivity contribution is 8.00. The average Bonchev–Trinajstić information content (AvgIpc) is 3.07. The third-order valence-corrected chi connectivity index (χ3v) is 4.95. The number of carbonyl (C=O) groups is 1. The van der Waals surface area contributed by atoms with Crippen molar-refractivity contribution in [3.63, 3.8) is 0 Å². The minimum Gasteiger partial charge on any atom is -0.306 e. The molecule has 2 aromatic heterocycles. The minimum absolute atomic E-state index is 0.0136. The first kappa shape index (κ1) is 20.0. The van der Waals surface area contributed by atoms with Crippen LogP contribution in [0.1, 0.15) is 16.1 Å². The van der Waals surface area contributed by atoms with E-state index in [0.717, 1.165) is 17.0 Å². The first-order valence-electron chi connectivity index (χ1n) is 8.88. The van der Waals surface area contributed by atoms with Gasteiger partial charge in [-0.25, -0.2) is 9.50 Å². The van der Waals surface area contributed by atoms with E-state index in [1.165, 1.54) is 24.3 Å². The summed E-state index contributed by atoms with van der Waals surface area (Å²) in [4.78, 5) is 17.0. The summed E-state index contributed by atoms with van der Waals surface area (Å²) < 4.78 is 39.1. The second-order valence-corrected chi connectivity index (χ2v) is 7.61. The van der Waals surface area contributed by atoms with E-state index in [1.54, 1.807) is 16.6 Å². The van der Waals surface area contributed by atoms with Crippen LogP contribution in [0.3, 0.4) is 0 Å². The number of benzene rings is 2. The molecule has 0 spiro atoms. The van der Waals surface area contributed by atoms with Crippen LogP contribution in [0.15, 0.2) is 71.6 Å². The van der Waals surface area contributed by atoms with E-state index in [2.05, 4.69) is 15.4 Å². The van der Waals surface area contributed by atoms with Gasteiger partial charge in [0.15, 0.2) is 5.65 Å². The summed E-state index contributed by atoms with van der Waals surface area (Å²) in [6, 6.07) is 18.3. The second kappa shape index (κ2) is 7.83. The molecule has 1 amide bonds. The molecular weight excluding hydrogens is 413 g/mol. The van der Waals surface area contributed by atoms with E-state index in [9.17, 15) is 18.0 Å². The molecule has 0 aliphatic rings. The zero-order valence-corrected chi connectivity index (χ0v) is 16.5. The largest absolute Gasteiger partial charge is 0.446 e. The third kappa shape index (κ3) is 4.46. The van der Waals surface area contributed by atoms with Gasteiger partial charge in [0.05, 0.1) is 11.4 Å². The fourth-order valence-electron chi connectivity index (χ4n) is 2.96. The number of hydrogen-bond donors (Lipinski definition) is 1. The highest BCUT2D eigenvalue weighted by Crippen LogP contribution is 2.36. The smallest absolute Gasteiger partial charge is 0.306 e. The number of carbonyl (C=O) groups excluding carboxylic acids is 1. The molecule has 2 heterocycles. The normalized spacial score (nSPS) is 11.6. The number of thioether (sulfide) groups is 1. The molecule has 4 aromatic rings. The maximum Gasteiger partial charge on any atom is 0.446 e. The van der Waals surface area contributed by atoms with Gasteiger partial charge in [-0.15, -0.1) is 0 Å². The molecule has 0 bridgehead atoms.